The van der Waals surface area contributed by atoms with Gasteiger partial charge in [0.15, 0.2) is 0 Å². The minimum absolute atomic E-state index is 0.554. The van der Waals surface area contributed by atoms with E-state index in [1.165, 1.54) is 0 Å². The van der Waals surface area contributed by atoms with Gasteiger partial charge >= 0.3 is 11.9 Å². The van der Waals surface area contributed by atoms with E-state index in [2.05, 4.69) is 11.3 Å². The highest BCUT2D eigenvalue weighted by Gasteiger charge is 2.04. The zero-order valence-electron chi connectivity index (χ0n) is 6.07. The van der Waals surface area contributed by atoms with Crippen molar-refractivity contribution in [2.75, 3.05) is 0 Å². The summed E-state index contributed by atoms with van der Waals surface area (Å²) in [6.45, 7) is 3.02. The van der Waals surface area contributed by atoms with Gasteiger partial charge in [0.25, 0.3) is 6.36 Å². The van der Waals surface area contributed by atoms with Crippen molar-refractivity contribution in [3.05, 3.63) is 24.8 Å². The maximum Gasteiger partial charge on any atom is 0.333 e. The van der Waals surface area contributed by atoms with Crippen LogP contribution in [0.1, 0.15) is 0 Å². The van der Waals surface area contributed by atoms with Crippen LogP contribution >= 0.6 is 0 Å². The topological polar surface area (TPSA) is 63.6 Å². The number of carbonyl (C=O) groups is 2. The number of rotatable bonds is 4. The summed E-state index contributed by atoms with van der Waals surface area (Å²) in [6.07, 6.45) is 0.0271. The zero-order valence-corrected chi connectivity index (χ0v) is 6.07. The van der Waals surface area contributed by atoms with Crippen molar-refractivity contribution in [2.45, 2.75) is 6.36 Å². The number of carbonyl (C=O) groups excluding carboxylic acids is 1. The molecule has 12 heavy (non-hydrogen) atoms. The zero-order chi connectivity index (χ0) is 9.56. The lowest BCUT2D eigenvalue weighted by Crippen LogP contribution is -2.08. The van der Waals surface area contributed by atoms with E-state index in [-0.39, 0.29) is 0 Å². The molecule has 0 spiro atoms. The van der Waals surface area contributed by atoms with E-state index >= 15 is 0 Å². The second kappa shape index (κ2) is 5.06. The van der Waals surface area contributed by atoms with E-state index in [1.807, 2.05) is 0 Å². The Morgan fingerprint density at radius 2 is 2.08 bits per heavy atom. The minimum Gasteiger partial charge on any atom is -0.478 e. The number of alkyl halides is 1. The van der Waals surface area contributed by atoms with Gasteiger partial charge in [-0.2, -0.15) is 4.39 Å². The van der Waals surface area contributed by atoms with Crippen LogP contribution in [0.3, 0.4) is 0 Å². The Balaban J connectivity index is 3.89. The van der Waals surface area contributed by atoms with Crippen molar-refractivity contribution < 1.29 is 23.8 Å². The average molecular weight is 174 g/mol. The molecule has 0 radical (unpaired) electrons. The fourth-order valence-corrected chi connectivity index (χ4v) is 0.338. The van der Waals surface area contributed by atoms with Gasteiger partial charge in [-0.15, -0.1) is 0 Å². The molecule has 4 nitrogen and oxygen atoms in total. The van der Waals surface area contributed by atoms with Crippen LogP contribution in [-0.4, -0.2) is 23.4 Å². The molecule has 0 saturated heterocycles. The Bertz CT molecular complexity index is 221. The Morgan fingerprint density at radius 3 is 2.50 bits per heavy atom. The number of ether oxygens (including phenoxy) is 1. The van der Waals surface area contributed by atoms with Crippen molar-refractivity contribution in [1.29, 1.82) is 0 Å². The van der Waals surface area contributed by atoms with Crippen LogP contribution in [0.25, 0.3) is 0 Å². The minimum atomic E-state index is -1.91. The lowest BCUT2D eigenvalue weighted by atomic mass is 10.5. The number of aliphatic carboxylic acids is 1. The van der Waals surface area contributed by atoms with Crippen LogP contribution in [-0.2, 0) is 14.3 Å². The molecular formula is C7H7FO4. The van der Waals surface area contributed by atoms with Gasteiger partial charge in [0.1, 0.15) is 0 Å². The molecule has 5 heteroatoms. The van der Waals surface area contributed by atoms with E-state index in [0.717, 1.165) is 6.08 Å². The van der Waals surface area contributed by atoms with Crippen molar-refractivity contribution in [1.82, 2.24) is 0 Å². The van der Waals surface area contributed by atoms with Gasteiger partial charge in [0, 0.05) is 12.2 Å². The number of hydrogen-bond acceptors (Lipinski definition) is 3. The predicted molar refractivity (Wildman–Crippen MR) is 38.0 cm³/mol. The normalized spacial score (nSPS) is 12.4. The molecule has 0 bridgehead atoms. The van der Waals surface area contributed by atoms with E-state index in [0.29, 0.717) is 12.2 Å². The number of carboxylic acid groups (broad SMARTS) is 1. The lowest BCUT2D eigenvalue weighted by molar-refractivity contribution is -0.147. The molecule has 0 amide bonds. The maximum absolute atomic E-state index is 12.2. The van der Waals surface area contributed by atoms with Gasteiger partial charge in [-0.3, -0.25) is 0 Å². The SMILES string of the molecule is C=CC(F)OC(=O)C=CC(=O)O. The highest BCUT2D eigenvalue weighted by molar-refractivity contribution is 5.90. The summed E-state index contributed by atoms with van der Waals surface area (Å²) in [5, 5.41) is 8.05. The highest BCUT2D eigenvalue weighted by atomic mass is 19.1. The largest absolute Gasteiger partial charge is 0.478 e. The molecule has 1 N–H and O–H groups in total. The highest BCUT2D eigenvalue weighted by Crippen LogP contribution is 1.95. The first-order chi connectivity index (χ1) is 5.56. The summed E-state index contributed by atoms with van der Waals surface area (Å²) in [4.78, 5) is 20.3. The summed E-state index contributed by atoms with van der Waals surface area (Å²) < 4.78 is 16.1. The number of esters is 1. The molecule has 0 saturated carbocycles. The third-order valence-electron chi connectivity index (χ3n) is 0.776. The van der Waals surface area contributed by atoms with Crippen molar-refractivity contribution >= 4 is 11.9 Å². The monoisotopic (exact) mass is 174 g/mol. The maximum atomic E-state index is 12.2. The molecule has 0 aliphatic heterocycles. The van der Waals surface area contributed by atoms with Crippen molar-refractivity contribution in [3.63, 3.8) is 0 Å². The van der Waals surface area contributed by atoms with Crippen LogP contribution in [0, 0.1) is 0 Å². The molecule has 0 aliphatic carbocycles. The second-order valence-electron chi connectivity index (χ2n) is 1.70. The molecule has 1 atom stereocenters. The summed E-state index contributed by atoms with van der Waals surface area (Å²) in [5.74, 6) is -2.37. The Kier molecular flexibility index (Phi) is 4.36. The number of halogens is 1. The van der Waals surface area contributed by atoms with Crippen LogP contribution in [0.15, 0.2) is 24.8 Å². The first-order valence-corrected chi connectivity index (χ1v) is 2.94. The molecule has 66 valence electrons. The van der Waals surface area contributed by atoms with Crippen molar-refractivity contribution in [3.8, 4) is 0 Å². The van der Waals surface area contributed by atoms with Crippen LogP contribution in [0.2, 0.25) is 0 Å². The molecule has 0 aliphatic rings. The summed E-state index contributed by atoms with van der Waals surface area (Å²) in [7, 11) is 0. The van der Waals surface area contributed by atoms with Crippen molar-refractivity contribution in [2.24, 2.45) is 0 Å². The Morgan fingerprint density at radius 1 is 1.50 bits per heavy atom. The fraction of sp³-hybridized carbons (Fsp3) is 0.143. The number of hydrogen-bond donors (Lipinski definition) is 1. The average Bonchev–Trinajstić information content (AvgIpc) is 2.00. The molecule has 0 aromatic heterocycles. The molecule has 0 rings (SSSR count). The summed E-state index contributed by atoms with van der Waals surface area (Å²) >= 11 is 0. The van der Waals surface area contributed by atoms with Crippen LogP contribution in [0.4, 0.5) is 4.39 Å². The summed E-state index contributed by atoms with van der Waals surface area (Å²) in [5.41, 5.74) is 0. The number of carboxylic acids is 1. The lowest BCUT2D eigenvalue weighted by Gasteiger charge is -2.00. The fourth-order valence-electron chi connectivity index (χ4n) is 0.338. The molecule has 0 heterocycles. The Labute approximate surface area is 67.9 Å². The second-order valence-corrected chi connectivity index (χ2v) is 1.70. The van der Waals surface area contributed by atoms with Crippen LogP contribution in [0.5, 0.6) is 0 Å². The van der Waals surface area contributed by atoms with Gasteiger partial charge < -0.3 is 9.84 Å². The molecule has 0 fully saturated rings. The van der Waals surface area contributed by atoms with Gasteiger partial charge in [-0.25, -0.2) is 9.59 Å². The quantitative estimate of drug-likeness (QED) is 0.386. The van der Waals surface area contributed by atoms with E-state index in [1.54, 1.807) is 0 Å². The first kappa shape index (κ1) is 10.3. The molecule has 0 aromatic rings. The van der Waals surface area contributed by atoms with E-state index in [4.69, 9.17) is 5.11 Å². The standard InChI is InChI=1S/C7H7FO4/c1-2-5(8)12-7(11)4-3-6(9)10/h2-5H,1H2,(H,9,10). The molecular weight excluding hydrogens is 167 g/mol. The van der Waals surface area contributed by atoms with Crippen LogP contribution < -0.4 is 0 Å². The van der Waals surface area contributed by atoms with Gasteiger partial charge in [0.05, 0.1) is 0 Å². The van der Waals surface area contributed by atoms with Gasteiger partial charge in [-0.05, 0) is 6.08 Å². The Hall–Kier alpha value is -1.65. The van der Waals surface area contributed by atoms with Gasteiger partial charge in [-0.1, -0.05) is 6.58 Å². The third-order valence-corrected chi connectivity index (χ3v) is 0.776. The molecule has 0 aromatic carbocycles. The predicted octanol–water partition coefficient (Wildman–Crippen LogP) is 0.652. The molecule has 1 unspecified atom stereocenters. The summed E-state index contributed by atoms with van der Waals surface area (Å²) in [6, 6.07) is 0. The van der Waals surface area contributed by atoms with E-state index < -0.39 is 18.3 Å². The first-order valence-electron chi connectivity index (χ1n) is 2.94. The smallest absolute Gasteiger partial charge is 0.333 e. The van der Waals surface area contributed by atoms with Gasteiger partial charge in [0.2, 0.25) is 0 Å². The van der Waals surface area contributed by atoms with E-state index in [9.17, 15) is 14.0 Å². The third kappa shape index (κ3) is 5.16.